The molecule has 38 heavy (non-hydrogen) atoms. The molecule has 2 fully saturated rings. The normalized spacial score (nSPS) is 16.8. The van der Waals surface area contributed by atoms with Crippen molar-refractivity contribution in [2.45, 2.75) is 31.9 Å². The molecule has 0 spiro atoms. The van der Waals surface area contributed by atoms with Crippen molar-refractivity contribution in [3.63, 3.8) is 0 Å². The first-order valence-corrected chi connectivity index (χ1v) is 12.9. The summed E-state index contributed by atoms with van der Waals surface area (Å²) in [7, 11) is 0. The van der Waals surface area contributed by atoms with E-state index in [9.17, 15) is 22.4 Å². The van der Waals surface area contributed by atoms with Crippen LogP contribution in [0.5, 0.6) is 0 Å². The number of ether oxygens (including phenoxy) is 2. The maximum absolute atomic E-state index is 14.8. The molecule has 8 nitrogen and oxygen atoms in total. The zero-order chi connectivity index (χ0) is 27.0. The van der Waals surface area contributed by atoms with Crippen LogP contribution in [-0.4, -0.2) is 80.0 Å². The number of pyridine rings is 1. The fourth-order valence-electron chi connectivity index (χ4n) is 4.47. The Morgan fingerprint density at radius 1 is 1.00 bits per heavy atom. The highest BCUT2D eigenvalue weighted by molar-refractivity contribution is 5.68. The molecule has 0 saturated carbocycles. The molecule has 0 radical (unpaired) electrons. The molecule has 208 valence electrons. The van der Waals surface area contributed by atoms with Gasteiger partial charge < -0.3 is 25.0 Å². The summed E-state index contributed by atoms with van der Waals surface area (Å²) in [5.74, 6) is -0.419. The number of benzene rings is 1. The second-order valence-electron chi connectivity index (χ2n) is 9.34. The summed E-state index contributed by atoms with van der Waals surface area (Å²) in [5, 5.41) is 5.58. The predicted molar refractivity (Wildman–Crippen MR) is 135 cm³/mol. The molecule has 0 aliphatic carbocycles. The van der Waals surface area contributed by atoms with Gasteiger partial charge in [0.2, 0.25) is 0 Å². The molecule has 1 amide bonds. The first-order chi connectivity index (χ1) is 18.3. The molecular formula is C26H33F4N5O3. The Hall–Kier alpha value is -3.12. The first-order valence-electron chi connectivity index (χ1n) is 12.9. The van der Waals surface area contributed by atoms with Crippen LogP contribution in [-0.2, 0) is 22.1 Å². The molecule has 3 heterocycles. The van der Waals surface area contributed by atoms with Crippen LogP contribution in [0.4, 0.5) is 39.5 Å². The number of hydrogen-bond acceptors (Lipinski definition) is 7. The Morgan fingerprint density at radius 3 is 2.55 bits per heavy atom. The van der Waals surface area contributed by atoms with Gasteiger partial charge in [-0.1, -0.05) is 6.07 Å². The van der Waals surface area contributed by atoms with Gasteiger partial charge in [0, 0.05) is 45.0 Å². The number of carbonyl (C=O) groups excluding carboxylic acids is 1. The van der Waals surface area contributed by atoms with Crippen molar-refractivity contribution in [3.8, 4) is 0 Å². The van der Waals surface area contributed by atoms with Crippen LogP contribution in [0.15, 0.2) is 30.5 Å². The van der Waals surface area contributed by atoms with Crippen LogP contribution in [0.2, 0.25) is 0 Å². The van der Waals surface area contributed by atoms with Crippen molar-refractivity contribution in [2.75, 3.05) is 69.7 Å². The largest absolute Gasteiger partial charge is 0.449 e. The van der Waals surface area contributed by atoms with Crippen molar-refractivity contribution in [2.24, 2.45) is 0 Å². The molecule has 1 aromatic carbocycles. The van der Waals surface area contributed by atoms with E-state index in [0.29, 0.717) is 26.1 Å². The third-order valence-corrected chi connectivity index (χ3v) is 6.53. The van der Waals surface area contributed by atoms with Gasteiger partial charge >= 0.3 is 12.3 Å². The van der Waals surface area contributed by atoms with E-state index < -0.39 is 23.7 Å². The van der Waals surface area contributed by atoms with E-state index in [4.69, 9.17) is 9.47 Å². The van der Waals surface area contributed by atoms with E-state index >= 15 is 0 Å². The third-order valence-electron chi connectivity index (χ3n) is 6.53. The van der Waals surface area contributed by atoms with Crippen molar-refractivity contribution < 1.29 is 31.8 Å². The summed E-state index contributed by atoms with van der Waals surface area (Å²) < 4.78 is 65.7. The molecule has 12 heteroatoms. The minimum absolute atomic E-state index is 0.0825. The zero-order valence-electron chi connectivity index (χ0n) is 21.2. The number of aromatic nitrogens is 1. The van der Waals surface area contributed by atoms with Crippen molar-refractivity contribution >= 4 is 23.3 Å². The Morgan fingerprint density at radius 2 is 1.82 bits per heavy atom. The molecule has 4 rings (SSSR count). The average molecular weight is 540 g/mol. The molecule has 1 aromatic heterocycles. The highest BCUT2D eigenvalue weighted by Crippen LogP contribution is 2.36. The van der Waals surface area contributed by atoms with E-state index in [0.717, 1.165) is 63.9 Å². The molecule has 0 bridgehead atoms. The van der Waals surface area contributed by atoms with Gasteiger partial charge in [-0.25, -0.2) is 14.2 Å². The van der Waals surface area contributed by atoms with Crippen LogP contribution in [0.25, 0.3) is 0 Å². The maximum Gasteiger partial charge on any atom is 0.419 e. The fraction of sp³-hybridized carbons (Fsp3) is 0.538. The van der Waals surface area contributed by atoms with Gasteiger partial charge in [-0.2, -0.15) is 13.2 Å². The van der Waals surface area contributed by atoms with Crippen LogP contribution in [0.3, 0.4) is 0 Å². The van der Waals surface area contributed by atoms with Gasteiger partial charge in [0.15, 0.2) is 0 Å². The smallest absolute Gasteiger partial charge is 0.419 e. The lowest BCUT2D eigenvalue weighted by atomic mass is 10.1. The second kappa shape index (κ2) is 13.1. The lowest BCUT2D eigenvalue weighted by Crippen LogP contribution is -2.38. The monoisotopic (exact) mass is 539 g/mol. The van der Waals surface area contributed by atoms with Gasteiger partial charge in [0.05, 0.1) is 36.8 Å². The third kappa shape index (κ3) is 7.94. The number of hydrogen-bond donors (Lipinski definition) is 2. The number of morpholine rings is 1. The summed E-state index contributed by atoms with van der Waals surface area (Å²) in [6.07, 6.45) is -1.53. The Kier molecular flexibility index (Phi) is 9.62. The molecule has 2 N–H and O–H groups in total. The Bertz CT molecular complexity index is 1080. The molecule has 2 aromatic rings. The summed E-state index contributed by atoms with van der Waals surface area (Å²) in [5.41, 5.74) is -0.113. The second-order valence-corrected chi connectivity index (χ2v) is 9.34. The highest BCUT2D eigenvalue weighted by atomic mass is 19.4. The highest BCUT2D eigenvalue weighted by Gasteiger charge is 2.34. The van der Waals surface area contributed by atoms with Crippen LogP contribution >= 0.6 is 0 Å². The molecular weight excluding hydrogens is 506 g/mol. The van der Waals surface area contributed by atoms with Gasteiger partial charge in [-0.15, -0.1) is 0 Å². The minimum Gasteiger partial charge on any atom is -0.449 e. The van der Waals surface area contributed by atoms with Crippen molar-refractivity contribution in [1.29, 1.82) is 0 Å². The van der Waals surface area contributed by atoms with Gasteiger partial charge in [0.25, 0.3) is 0 Å². The quantitative estimate of drug-likeness (QED) is 0.311. The van der Waals surface area contributed by atoms with Gasteiger partial charge in [0.1, 0.15) is 11.6 Å². The lowest BCUT2D eigenvalue weighted by Gasteiger charge is -2.26. The zero-order valence-corrected chi connectivity index (χ0v) is 21.2. The summed E-state index contributed by atoms with van der Waals surface area (Å²) in [4.78, 5) is 19.4. The number of nitrogens with zero attached hydrogens (tertiary/aromatic N) is 3. The first kappa shape index (κ1) is 27.9. The van der Waals surface area contributed by atoms with E-state index in [-0.39, 0.29) is 23.7 Å². The summed E-state index contributed by atoms with van der Waals surface area (Å²) in [6, 6.07) is 6.04. The van der Waals surface area contributed by atoms with Gasteiger partial charge in [-0.3, -0.25) is 4.90 Å². The number of nitrogens with one attached hydrogen (secondary N) is 2. The number of anilines is 3. The Labute approximate surface area is 219 Å². The number of carbonyl (C=O) groups is 1. The number of halogens is 4. The molecule has 2 aliphatic rings. The summed E-state index contributed by atoms with van der Waals surface area (Å²) in [6.45, 7) is 5.71. The molecule has 0 atom stereocenters. The number of rotatable bonds is 11. The Balaban J connectivity index is 1.34. The van der Waals surface area contributed by atoms with E-state index in [2.05, 4.69) is 20.5 Å². The van der Waals surface area contributed by atoms with Crippen LogP contribution in [0.1, 0.15) is 30.4 Å². The van der Waals surface area contributed by atoms with E-state index in [1.165, 1.54) is 17.0 Å². The molecule has 2 saturated heterocycles. The number of aryl methyl sites for hydroxylation is 1. The summed E-state index contributed by atoms with van der Waals surface area (Å²) >= 11 is 0. The molecule has 2 aliphatic heterocycles. The van der Waals surface area contributed by atoms with Crippen LogP contribution < -0.4 is 10.6 Å². The fourth-order valence-corrected chi connectivity index (χ4v) is 4.47. The number of amides is 1. The average Bonchev–Trinajstić information content (AvgIpc) is 2.89. The predicted octanol–water partition coefficient (Wildman–Crippen LogP) is 4.89. The maximum atomic E-state index is 14.8. The SMILES string of the molecule is O=C1OCCCN1CCCNc1cc(Nc2ccc(CCCN3CCOCC3)cc2F)ncc1C(F)(F)F. The van der Waals surface area contributed by atoms with Crippen LogP contribution in [0, 0.1) is 5.82 Å². The molecule has 0 unspecified atom stereocenters. The number of alkyl halides is 3. The standard InChI is InChI=1S/C26H33F4N5O3/c27-21-16-19(4-1-8-34-11-14-37-15-12-34)5-6-22(21)33-24-17-23(20(18-32-24)26(28,29)30)31-7-2-9-35-10-3-13-38-25(35)36/h5-6,16-18H,1-4,7-15H2,(H2,31,32,33). The lowest BCUT2D eigenvalue weighted by molar-refractivity contribution is -0.137. The van der Waals surface area contributed by atoms with Gasteiger partial charge in [-0.05, 0) is 49.9 Å². The van der Waals surface area contributed by atoms with Crippen molar-refractivity contribution in [1.82, 2.24) is 14.8 Å². The van der Waals surface area contributed by atoms with Crippen molar-refractivity contribution in [3.05, 3.63) is 47.4 Å². The number of cyclic esters (lactones) is 1. The topological polar surface area (TPSA) is 79.0 Å². The van der Waals surface area contributed by atoms with E-state index in [1.807, 2.05) is 0 Å². The van der Waals surface area contributed by atoms with E-state index in [1.54, 1.807) is 12.1 Å². The minimum atomic E-state index is -4.61.